The molecule has 0 radical (unpaired) electrons. The van der Waals surface area contributed by atoms with Gasteiger partial charge in [0.25, 0.3) is 0 Å². The van der Waals surface area contributed by atoms with Gasteiger partial charge in [0.05, 0.1) is 0 Å². The van der Waals surface area contributed by atoms with Crippen LogP contribution in [-0.2, 0) is 0 Å². The molecule has 0 fully saturated rings. The van der Waals surface area contributed by atoms with E-state index in [-0.39, 0.29) is 0 Å². The van der Waals surface area contributed by atoms with Gasteiger partial charge in [-0.25, -0.2) is 0 Å². The summed E-state index contributed by atoms with van der Waals surface area (Å²) in [5.74, 6) is 2.61. The van der Waals surface area contributed by atoms with Crippen molar-refractivity contribution in [1.82, 2.24) is 0 Å². The van der Waals surface area contributed by atoms with E-state index in [1.807, 2.05) is 0 Å². The van der Waals surface area contributed by atoms with Crippen molar-refractivity contribution in [3.8, 4) is 0 Å². The van der Waals surface area contributed by atoms with Crippen molar-refractivity contribution in [2.75, 3.05) is 13.2 Å². The Balaban J connectivity index is 3.77. The van der Waals surface area contributed by atoms with Crippen molar-refractivity contribution in [2.24, 2.45) is 23.7 Å². The average molecular weight is 230 g/mol. The number of hydrogen-bond acceptors (Lipinski definition) is 2. The molecule has 0 aliphatic rings. The minimum absolute atomic E-state index is 0.308. The van der Waals surface area contributed by atoms with Crippen LogP contribution in [0.3, 0.4) is 0 Å². The van der Waals surface area contributed by atoms with E-state index in [0.29, 0.717) is 36.9 Å². The van der Waals surface area contributed by atoms with Crippen LogP contribution >= 0.6 is 0 Å². The summed E-state index contributed by atoms with van der Waals surface area (Å²) in [5, 5.41) is 17.8. The SMILES string of the molecule is C[C@@H](CCO)[C@@H](C)CC[C@H](C)[C@@H](C)CCO. The molecular formula is C14H30O2. The van der Waals surface area contributed by atoms with Crippen LogP contribution in [0.4, 0.5) is 0 Å². The molecule has 4 atom stereocenters. The van der Waals surface area contributed by atoms with E-state index >= 15 is 0 Å². The zero-order valence-corrected chi connectivity index (χ0v) is 11.4. The Morgan fingerprint density at radius 1 is 0.562 bits per heavy atom. The van der Waals surface area contributed by atoms with Crippen LogP contribution in [0.1, 0.15) is 53.4 Å². The first-order chi connectivity index (χ1) is 7.52. The lowest BCUT2D eigenvalue weighted by Crippen LogP contribution is -2.14. The van der Waals surface area contributed by atoms with Gasteiger partial charge < -0.3 is 10.2 Å². The fourth-order valence-corrected chi connectivity index (χ4v) is 2.07. The van der Waals surface area contributed by atoms with Crippen molar-refractivity contribution >= 4 is 0 Å². The van der Waals surface area contributed by atoms with Gasteiger partial charge in [-0.15, -0.1) is 0 Å². The highest BCUT2D eigenvalue weighted by atomic mass is 16.3. The number of aliphatic hydroxyl groups is 2. The predicted octanol–water partition coefficient (Wildman–Crippen LogP) is 3.08. The van der Waals surface area contributed by atoms with Crippen molar-refractivity contribution in [2.45, 2.75) is 53.4 Å². The molecule has 2 heteroatoms. The molecule has 0 aliphatic heterocycles. The molecule has 2 nitrogen and oxygen atoms in total. The Labute approximate surface area is 101 Å². The summed E-state index contributed by atoms with van der Waals surface area (Å²) in [6.45, 7) is 9.63. The second kappa shape index (κ2) is 9.00. The second-order valence-corrected chi connectivity index (χ2v) is 5.51. The quantitative estimate of drug-likeness (QED) is 0.639. The average Bonchev–Trinajstić information content (AvgIpc) is 2.25. The Morgan fingerprint density at radius 3 is 1.06 bits per heavy atom. The molecule has 0 aromatic carbocycles. The molecule has 0 aromatic heterocycles. The molecule has 16 heavy (non-hydrogen) atoms. The molecule has 0 unspecified atom stereocenters. The first-order valence-electron chi connectivity index (χ1n) is 6.74. The molecule has 0 saturated heterocycles. The van der Waals surface area contributed by atoms with Crippen LogP contribution in [0.2, 0.25) is 0 Å². The molecule has 2 N–H and O–H groups in total. The molecule has 0 amide bonds. The summed E-state index contributed by atoms with van der Waals surface area (Å²) >= 11 is 0. The molecule has 0 spiro atoms. The maximum atomic E-state index is 8.89. The van der Waals surface area contributed by atoms with Crippen LogP contribution in [0.25, 0.3) is 0 Å². The highest BCUT2D eigenvalue weighted by molar-refractivity contribution is 4.67. The molecule has 0 aromatic rings. The summed E-state index contributed by atoms with van der Waals surface area (Å²) in [6.07, 6.45) is 4.31. The lowest BCUT2D eigenvalue weighted by Gasteiger charge is -2.23. The molecule has 0 rings (SSSR count). The van der Waals surface area contributed by atoms with Crippen LogP contribution in [0.15, 0.2) is 0 Å². The van der Waals surface area contributed by atoms with Crippen molar-refractivity contribution < 1.29 is 10.2 Å². The Morgan fingerprint density at radius 2 is 0.812 bits per heavy atom. The maximum Gasteiger partial charge on any atom is 0.0433 e. The highest BCUT2D eigenvalue weighted by Crippen LogP contribution is 2.26. The molecular weight excluding hydrogens is 200 g/mol. The summed E-state index contributed by atoms with van der Waals surface area (Å²) in [4.78, 5) is 0. The van der Waals surface area contributed by atoms with Gasteiger partial charge in [-0.3, -0.25) is 0 Å². The fraction of sp³-hybridized carbons (Fsp3) is 1.00. The molecule has 0 aliphatic carbocycles. The van der Waals surface area contributed by atoms with E-state index in [2.05, 4.69) is 27.7 Å². The van der Waals surface area contributed by atoms with Gasteiger partial charge in [0.1, 0.15) is 0 Å². The first kappa shape index (κ1) is 15.9. The molecule has 0 bridgehead atoms. The van der Waals surface area contributed by atoms with E-state index in [4.69, 9.17) is 10.2 Å². The molecule has 98 valence electrons. The van der Waals surface area contributed by atoms with Crippen LogP contribution < -0.4 is 0 Å². The maximum absolute atomic E-state index is 8.89. The second-order valence-electron chi connectivity index (χ2n) is 5.51. The minimum Gasteiger partial charge on any atom is -0.396 e. The largest absolute Gasteiger partial charge is 0.396 e. The summed E-state index contributed by atoms with van der Waals surface area (Å²) in [6, 6.07) is 0. The molecule has 0 saturated carbocycles. The lowest BCUT2D eigenvalue weighted by molar-refractivity contribution is 0.206. The zero-order valence-electron chi connectivity index (χ0n) is 11.4. The van der Waals surface area contributed by atoms with Gasteiger partial charge >= 0.3 is 0 Å². The Hall–Kier alpha value is -0.0800. The Kier molecular flexibility index (Phi) is 8.96. The normalized spacial score (nSPS) is 19.1. The van der Waals surface area contributed by atoms with Crippen molar-refractivity contribution in [3.05, 3.63) is 0 Å². The Bertz CT molecular complexity index is 141. The summed E-state index contributed by atoms with van der Waals surface area (Å²) in [7, 11) is 0. The van der Waals surface area contributed by atoms with Gasteiger partial charge in [0, 0.05) is 13.2 Å². The predicted molar refractivity (Wildman–Crippen MR) is 69.3 cm³/mol. The molecule has 0 heterocycles. The summed E-state index contributed by atoms with van der Waals surface area (Å²) in [5.41, 5.74) is 0. The standard InChI is InChI=1S/C14H30O2/c1-11(13(3)7-9-15)5-6-12(2)14(4)8-10-16/h11-16H,5-10H2,1-4H3/t11-,12-,13-,14-/m0/s1. The van der Waals surface area contributed by atoms with E-state index in [0.717, 1.165) is 12.8 Å². The topological polar surface area (TPSA) is 40.5 Å². The van der Waals surface area contributed by atoms with Gasteiger partial charge in [-0.2, -0.15) is 0 Å². The fourth-order valence-electron chi connectivity index (χ4n) is 2.07. The highest BCUT2D eigenvalue weighted by Gasteiger charge is 2.16. The van der Waals surface area contributed by atoms with Crippen LogP contribution in [-0.4, -0.2) is 23.4 Å². The third-order valence-corrected chi connectivity index (χ3v) is 4.19. The third kappa shape index (κ3) is 6.49. The van der Waals surface area contributed by atoms with Crippen molar-refractivity contribution in [3.63, 3.8) is 0 Å². The lowest BCUT2D eigenvalue weighted by atomic mass is 9.83. The van der Waals surface area contributed by atoms with Gasteiger partial charge in [-0.1, -0.05) is 40.5 Å². The van der Waals surface area contributed by atoms with Crippen LogP contribution in [0.5, 0.6) is 0 Å². The zero-order chi connectivity index (χ0) is 12.6. The van der Waals surface area contributed by atoms with Gasteiger partial charge in [-0.05, 0) is 36.5 Å². The van der Waals surface area contributed by atoms with E-state index in [9.17, 15) is 0 Å². The van der Waals surface area contributed by atoms with Crippen LogP contribution in [0, 0.1) is 23.7 Å². The smallest absolute Gasteiger partial charge is 0.0433 e. The number of rotatable bonds is 9. The number of aliphatic hydroxyl groups excluding tert-OH is 2. The first-order valence-corrected chi connectivity index (χ1v) is 6.74. The monoisotopic (exact) mass is 230 g/mol. The summed E-state index contributed by atoms with van der Waals surface area (Å²) < 4.78 is 0. The minimum atomic E-state index is 0.308. The van der Waals surface area contributed by atoms with Gasteiger partial charge in [0.15, 0.2) is 0 Å². The third-order valence-electron chi connectivity index (χ3n) is 4.19. The van der Waals surface area contributed by atoms with Crippen molar-refractivity contribution in [1.29, 1.82) is 0 Å². The van der Waals surface area contributed by atoms with Gasteiger partial charge in [0.2, 0.25) is 0 Å². The van der Waals surface area contributed by atoms with E-state index in [1.54, 1.807) is 0 Å². The van der Waals surface area contributed by atoms with E-state index in [1.165, 1.54) is 12.8 Å². The number of hydrogen-bond donors (Lipinski definition) is 2. The van der Waals surface area contributed by atoms with E-state index < -0.39 is 0 Å².